The van der Waals surface area contributed by atoms with E-state index in [4.69, 9.17) is 0 Å². The Bertz CT molecular complexity index is 425. The Morgan fingerprint density at radius 1 is 1.43 bits per heavy atom. The summed E-state index contributed by atoms with van der Waals surface area (Å²) in [5.41, 5.74) is 0.231. The maximum Gasteiger partial charge on any atom is 0.325 e. The van der Waals surface area contributed by atoms with Crippen molar-refractivity contribution in [2.45, 2.75) is 51.5 Å². The van der Waals surface area contributed by atoms with Crippen molar-refractivity contribution in [3.05, 3.63) is 12.2 Å². The predicted octanol–water partition coefficient (Wildman–Crippen LogP) is 2.04. The summed E-state index contributed by atoms with van der Waals surface area (Å²) in [6.07, 6.45) is 4.57. The molecule has 2 fully saturated rings. The summed E-state index contributed by atoms with van der Waals surface area (Å²) < 4.78 is 0. The number of carbonyl (C=O) groups excluding carboxylic acids is 2. The minimum Gasteiger partial charge on any atom is -0.323 e. The summed E-state index contributed by atoms with van der Waals surface area (Å²) in [6, 6.07) is -0.258. The van der Waals surface area contributed by atoms with E-state index in [1.165, 1.54) is 4.90 Å². The van der Waals surface area contributed by atoms with Crippen LogP contribution in [0.2, 0.25) is 0 Å². The molecule has 0 aromatic heterocycles. The fourth-order valence-corrected chi connectivity index (χ4v) is 3.14. The summed E-state index contributed by atoms with van der Waals surface area (Å²) in [6.45, 7) is 10.2. The van der Waals surface area contributed by atoms with Gasteiger partial charge in [-0.25, -0.2) is 4.79 Å². The summed E-state index contributed by atoms with van der Waals surface area (Å²) in [5, 5.41) is 6.18. The highest BCUT2D eigenvalue weighted by molar-refractivity contribution is 6.07. The second kappa shape index (κ2) is 6.60. The Kier molecular flexibility index (Phi) is 5.04. The van der Waals surface area contributed by atoms with Gasteiger partial charge in [-0.3, -0.25) is 9.69 Å². The lowest BCUT2D eigenvalue weighted by atomic mass is 9.77. The van der Waals surface area contributed by atoms with Crippen LogP contribution in [0, 0.1) is 5.92 Å². The number of amides is 3. The quantitative estimate of drug-likeness (QED) is 0.447. The lowest BCUT2D eigenvalue weighted by Gasteiger charge is -2.33. The zero-order valence-electron chi connectivity index (χ0n) is 13.2. The Hall–Kier alpha value is -1.36. The Morgan fingerprint density at radius 2 is 2.10 bits per heavy atom. The van der Waals surface area contributed by atoms with Gasteiger partial charge in [-0.05, 0) is 50.1 Å². The van der Waals surface area contributed by atoms with Crippen LogP contribution < -0.4 is 10.6 Å². The van der Waals surface area contributed by atoms with Crippen molar-refractivity contribution >= 4 is 11.9 Å². The van der Waals surface area contributed by atoms with Crippen LogP contribution in [0.4, 0.5) is 4.79 Å². The van der Waals surface area contributed by atoms with E-state index >= 15 is 0 Å². The third-order valence-corrected chi connectivity index (χ3v) is 4.56. The average molecular weight is 293 g/mol. The topological polar surface area (TPSA) is 61.4 Å². The molecule has 0 radical (unpaired) electrons. The molecule has 2 rings (SSSR count). The molecule has 0 aromatic carbocycles. The van der Waals surface area contributed by atoms with Crippen molar-refractivity contribution < 1.29 is 9.59 Å². The number of rotatable bonds is 6. The van der Waals surface area contributed by atoms with Gasteiger partial charge in [0, 0.05) is 6.54 Å². The molecule has 0 atom stereocenters. The molecular weight excluding hydrogens is 266 g/mol. The SMILES string of the molecule is C=C(CNCCC)CN1C(=O)NC2(CCC(C)CC2)C1=O. The van der Waals surface area contributed by atoms with E-state index in [0.29, 0.717) is 19.0 Å². The van der Waals surface area contributed by atoms with Crippen LogP contribution >= 0.6 is 0 Å². The largest absolute Gasteiger partial charge is 0.325 e. The van der Waals surface area contributed by atoms with E-state index in [2.05, 4.69) is 31.1 Å². The number of nitrogens with one attached hydrogen (secondary N) is 2. The molecule has 5 heteroatoms. The first-order valence-corrected chi connectivity index (χ1v) is 8.00. The van der Waals surface area contributed by atoms with E-state index in [0.717, 1.165) is 44.2 Å². The fraction of sp³-hybridized carbons (Fsp3) is 0.750. The molecule has 3 amide bonds. The van der Waals surface area contributed by atoms with Gasteiger partial charge < -0.3 is 10.6 Å². The molecule has 1 saturated carbocycles. The normalized spacial score (nSPS) is 29.0. The molecular formula is C16H27N3O2. The standard InChI is InChI=1S/C16H27N3O2/c1-4-9-17-10-13(3)11-19-14(20)16(18-15(19)21)7-5-12(2)6-8-16/h12,17H,3-11H2,1-2H3,(H,18,21). The van der Waals surface area contributed by atoms with Crippen LogP contribution in [0.3, 0.4) is 0 Å². The van der Waals surface area contributed by atoms with Crippen molar-refractivity contribution in [1.82, 2.24) is 15.5 Å². The van der Waals surface area contributed by atoms with Gasteiger partial charge in [-0.1, -0.05) is 20.4 Å². The molecule has 1 spiro atoms. The molecule has 0 aromatic rings. The third kappa shape index (κ3) is 3.46. The highest BCUT2D eigenvalue weighted by Crippen LogP contribution is 2.36. The smallest absolute Gasteiger partial charge is 0.323 e. The lowest BCUT2D eigenvalue weighted by molar-refractivity contribution is -0.132. The number of imide groups is 1. The van der Waals surface area contributed by atoms with Gasteiger partial charge >= 0.3 is 6.03 Å². The van der Waals surface area contributed by atoms with Crippen molar-refractivity contribution in [3.8, 4) is 0 Å². The van der Waals surface area contributed by atoms with Crippen molar-refractivity contribution in [2.24, 2.45) is 5.92 Å². The van der Waals surface area contributed by atoms with Gasteiger partial charge in [0.05, 0.1) is 6.54 Å². The van der Waals surface area contributed by atoms with Gasteiger partial charge in [0.2, 0.25) is 0 Å². The summed E-state index contributed by atoms with van der Waals surface area (Å²) in [7, 11) is 0. The highest BCUT2D eigenvalue weighted by atomic mass is 16.2. The van der Waals surface area contributed by atoms with Gasteiger partial charge in [-0.2, -0.15) is 0 Å². The van der Waals surface area contributed by atoms with E-state index in [1.807, 2.05) is 0 Å². The summed E-state index contributed by atoms with van der Waals surface area (Å²) in [5.74, 6) is 0.582. The lowest BCUT2D eigenvalue weighted by Crippen LogP contribution is -2.49. The van der Waals surface area contributed by atoms with Gasteiger partial charge in [-0.15, -0.1) is 0 Å². The predicted molar refractivity (Wildman–Crippen MR) is 82.9 cm³/mol. The molecule has 0 unspecified atom stereocenters. The molecule has 2 aliphatic rings. The second-order valence-electron chi connectivity index (χ2n) is 6.51. The molecule has 1 aliphatic carbocycles. The molecule has 1 heterocycles. The van der Waals surface area contributed by atoms with Crippen molar-refractivity contribution in [3.63, 3.8) is 0 Å². The molecule has 1 aliphatic heterocycles. The summed E-state index contributed by atoms with van der Waals surface area (Å²) in [4.78, 5) is 26.1. The average Bonchev–Trinajstić information content (AvgIpc) is 2.67. The van der Waals surface area contributed by atoms with Gasteiger partial charge in [0.1, 0.15) is 5.54 Å². The molecule has 0 bridgehead atoms. The van der Waals surface area contributed by atoms with Gasteiger partial charge in [0.15, 0.2) is 0 Å². The first-order chi connectivity index (χ1) is 9.98. The van der Waals surface area contributed by atoms with E-state index < -0.39 is 5.54 Å². The Labute approximate surface area is 127 Å². The molecule has 1 saturated heterocycles. The number of carbonyl (C=O) groups is 2. The maximum absolute atomic E-state index is 12.6. The van der Waals surface area contributed by atoms with Crippen molar-refractivity contribution in [1.29, 1.82) is 0 Å². The first kappa shape index (κ1) is 16.0. The van der Waals surface area contributed by atoms with Crippen LogP contribution in [0.25, 0.3) is 0 Å². The monoisotopic (exact) mass is 293 g/mol. The van der Waals surface area contributed by atoms with Gasteiger partial charge in [0.25, 0.3) is 5.91 Å². The molecule has 21 heavy (non-hydrogen) atoms. The van der Waals surface area contributed by atoms with E-state index in [-0.39, 0.29) is 11.9 Å². The van der Waals surface area contributed by atoms with E-state index in [1.54, 1.807) is 0 Å². The second-order valence-corrected chi connectivity index (χ2v) is 6.51. The highest BCUT2D eigenvalue weighted by Gasteiger charge is 2.51. The first-order valence-electron chi connectivity index (χ1n) is 8.00. The number of urea groups is 1. The Morgan fingerprint density at radius 3 is 2.71 bits per heavy atom. The summed E-state index contributed by atoms with van der Waals surface area (Å²) >= 11 is 0. The number of hydrogen-bond acceptors (Lipinski definition) is 3. The number of hydrogen-bond donors (Lipinski definition) is 2. The van der Waals surface area contributed by atoms with Crippen molar-refractivity contribution in [2.75, 3.05) is 19.6 Å². The molecule has 118 valence electrons. The molecule has 2 N–H and O–H groups in total. The third-order valence-electron chi connectivity index (χ3n) is 4.56. The van der Waals surface area contributed by atoms with E-state index in [9.17, 15) is 9.59 Å². The Balaban J connectivity index is 1.94. The fourth-order valence-electron chi connectivity index (χ4n) is 3.14. The maximum atomic E-state index is 12.6. The van der Waals surface area contributed by atoms with Crippen LogP contribution in [0.1, 0.15) is 46.0 Å². The minimum absolute atomic E-state index is 0.0592. The number of nitrogens with zero attached hydrogens (tertiary/aromatic N) is 1. The molecule has 5 nitrogen and oxygen atoms in total. The minimum atomic E-state index is -0.638. The van der Waals surface area contributed by atoms with Crippen LogP contribution in [-0.4, -0.2) is 42.0 Å². The zero-order valence-corrected chi connectivity index (χ0v) is 13.2. The van der Waals surface area contributed by atoms with Crippen LogP contribution in [-0.2, 0) is 4.79 Å². The zero-order chi connectivity index (χ0) is 15.5. The van der Waals surface area contributed by atoms with Crippen LogP contribution in [0.15, 0.2) is 12.2 Å². The van der Waals surface area contributed by atoms with Crippen LogP contribution in [0.5, 0.6) is 0 Å².